The predicted molar refractivity (Wildman–Crippen MR) is 205 cm³/mol. The van der Waals surface area contributed by atoms with E-state index in [2.05, 4.69) is 144 Å². The van der Waals surface area contributed by atoms with Crippen molar-refractivity contribution in [1.82, 2.24) is 9.05 Å². The van der Waals surface area contributed by atoms with Crippen molar-refractivity contribution in [3.63, 3.8) is 0 Å². The normalized spacial score (nSPS) is 13.1. The van der Waals surface area contributed by atoms with Crippen LogP contribution in [0.5, 0.6) is 0 Å². The summed E-state index contributed by atoms with van der Waals surface area (Å²) in [4.78, 5) is 0. The van der Waals surface area contributed by atoms with Crippen molar-refractivity contribution in [1.29, 1.82) is 0 Å². The van der Waals surface area contributed by atoms with Gasteiger partial charge in [0.05, 0.1) is 21.8 Å². The highest BCUT2D eigenvalue weighted by atomic mass is 16.3. The molecule has 0 bridgehead atoms. The zero-order valence-corrected chi connectivity index (χ0v) is 26.9. The second-order valence-corrected chi connectivity index (χ2v) is 13.7. The number of aromatic nitrogens is 2. The molecule has 12 rings (SSSR count). The van der Waals surface area contributed by atoms with Gasteiger partial charge in [-0.25, -0.2) is 0 Å². The Morgan fingerprint density at radius 3 is 1.78 bits per heavy atom. The molecule has 0 fully saturated rings. The van der Waals surface area contributed by atoms with Gasteiger partial charge < -0.3 is 17.9 Å². The van der Waals surface area contributed by atoms with Crippen LogP contribution in [0.3, 0.4) is 0 Å². The lowest BCUT2D eigenvalue weighted by molar-refractivity contribution is 0.670. The van der Waals surface area contributed by atoms with Gasteiger partial charge in [-0.1, -0.05) is 97.1 Å². The monoisotopic (exact) mass is 626 g/mol. The Morgan fingerprint density at radius 1 is 0.469 bits per heavy atom. The minimum absolute atomic E-state index is 0.0815. The van der Waals surface area contributed by atoms with E-state index in [0.717, 1.165) is 60.2 Å². The van der Waals surface area contributed by atoms with Crippen molar-refractivity contribution >= 4 is 105 Å². The maximum Gasteiger partial charge on any atom is 0.332 e. The van der Waals surface area contributed by atoms with Crippen molar-refractivity contribution in [2.45, 2.75) is 13.8 Å². The number of hydrogen-bond acceptors (Lipinski definition) is 2. The standard InChI is InChI=1S/C44H27BN2O2/c1-24-11-9-15-28-29-16-10-12-25(2)41(29)47(40(24)28)45-32-17-5-6-18-34(32)46-35-22-21-30-26-13-3-7-19-36(26)48-43(30)38(35)39-42(46)33(45)23-31-27-14-4-8-20-37(27)49-44(31)39/h3-23H,1-2H3. The van der Waals surface area contributed by atoms with E-state index in [9.17, 15) is 0 Å². The molecule has 0 radical (unpaired) electrons. The Hall–Kier alpha value is -6.20. The third-order valence-electron chi connectivity index (χ3n) is 11.2. The number of nitrogens with zero attached hydrogens (tertiary/aromatic N) is 2. The molecule has 0 unspecified atom stereocenters. The molecule has 0 aliphatic carbocycles. The Morgan fingerprint density at radius 2 is 1.06 bits per heavy atom. The van der Waals surface area contributed by atoms with Gasteiger partial charge in [0, 0.05) is 49.0 Å². The molecule has 0 N–H and O–H groups in total. The number of para-hydroxylation sites is 5. The number of furan rings is 2. The van der Waals surface area contributed by atoms with E-state index >= 15 is 0 Å². The lowest BCUT2D eigenvalue weighted by Crippen LogP contribution is -2.53. The highest BCUT2D eigenvalue weighted by molar-refractivity contribution is 6.88. The van der Waals surface area contributed by atoms with Crippen LogP contribution in [0.2, 0.25) is 0 Å². The third kappa shape index (κ3) is 3.03. The van der Waals surface area contributed by atoms with E-state index in [-0.39, 0.29) is 6.85 Å². The quantitative estimate of drug-likeness (QED) is 0.170. The van der Waals surface area contributed by atoms with Gasteiger partial charge in [0.1, 0.15) is 22.3 Å². The molecule has 4 nitrogen and oxygen atoms in total. The molecule has 5 heterocycles. The molecule has 0 saturated heterocycles. The van der Waals surface area contributed by atoms with Crippen molar-refractivity contribution in [3.8, 4) is 5.69 Å². The second kappa shape index (κ2) is 8.83. The number of aryl methyl sites for hydroxylation is 2. The Labute approximate surface area is 280 Å². The molecule has 0 atom stereocenters. The fraction of sp³-hybridized carbons (Fsp3) is 0.0455. The van der Waals surface area contributed by atoms with Crippen molar-refractivity contribution in [3.05, 3.63) is 139 Å². The largest absolute Gasteiger partial charge is 0.455 e. The summed E-state index contributed by atoms with van der Waals surface area (Å²) in [6, 6.07) is 46.2. The van der Waals surface area contributed by atoms with E-state index in [1.54, 1.807) is 0 Å². The fourth-order valence-corrected chi connectivity index (χ4v) is 9.26. The molecule has 0 saturated carbocycles. The molecule has 4 aromatic heterocycles. The maximum atomic E-state index is 6.86. The van der Waals surface area contributed by atoms with Gasteiger partial charge in [0.25, 0.3) is 0 Å². The van der Waals surface area contributed by atoms with Gasteiger partial charge >= 0.3 is 6.85 Å². The number of hydrogen-bond donors (Lipinski definition) is 0. The van der Waals surface area contributed by atoms with E-state index in [1.807, 2.05) is 6.07 Å². The first-order chi connectivity index (χ1) is 24.2. The molecule has 5 heteroatoms. The summed E-state index contributed by atoms with van der Waals surface area (Å²) in [5.74, 6) is 0. The zero-order chi connectivity index (χ0) is 32.1. The van der Waals surface area contributed by atoms with Crippen LogP contribution in [0.15, 0.2) is 136 Å². The number of rotatable bonds is 1. The number of benzene rings is 7. The van der Waals surface area contributed by atoms with E-state index in [0.29, 0.717) is 0 Å². The molecule has 11 aromatic rings. The first-order valence-corrected chi connectivity index (χ1v) is 17.0. The minimum Gasteiger partial charge on any atom is -0.455 e. The lowest BCUT2D eigenvalue weighted by atomic mass is 9.48. The molecular formula is C44H27BN2O2. The summed E-state index contributed by atoms with van der Waals surface area (Å²) in [6.45, 7) is 4.42. The molecule has 0 spiro atoms. The highest BCUT2D eigenvalue weighted by Gasteiger charge is 2.38. The molecule has 1 aliphatic rings. The van der Waals surface area contributed by atoms with Gasteiger partial charge in [0.15, 0.2) is 0 Å². The summed E-state index contributed by atoms with van der Waals surface area (Å²) in [5, 5.41) is 9.28. The minimum atomic E-state index is -0.0815. The van der Waals surface area contributed by atoms with Gasteiger partial charge in [-0.05, 0) is 66.2 Å². The summed E-state index contributed by atoms with van der Waals surface area (Å²) in [7, 11) is 0. The summed E-state index contributed by atoms with van der Waals surface area (Å²) in [6.07, 6.45) is 0. The van der Waals surface area contributed by atoms with Crippen LogP contribution in [0.4, 0.5) is 0 Å². The predicted octanol–water partition coefficient (Wildman–Crippen LogP) is 10.3. The number of fused-ring (bicyclic) bond motifs is 16. The van der Waals surface area contributed by atoms with Crippen LogP contribution in [0, 0.1) is 13.8 Å². The second-order valence-electron chi connectivity index (χ2n) is 13.7. The topological polar surface area (TPSA) is 36.1 Å². The average Bonchev–Trinajstić information content (AvgIpc) is 3.88. The highest BCUT2D eigenvalue weighted by Crippen LogP contribution is 2.46. The smallest absolute Gasteiger partial charge is 0.332 e. The van der Waals surface area contributed by atoms with Crippen LogP contribution in [-0.2, 0) is 0 Å². The molecule has 7 aromatic carbocycles. The Balaban J connectivity index is 1.38. The molecule has 0 amide bonds. The van der Waals surface area contributed by atoms with E-state index in [4.69, 9.17) is 8.83 Å². The lowest BCUT2D eigenvalue weighted by Gasteiger charge is -2.29. The van der Waals surface area contributed by atoms with Gasteiger partial charge in [-0.2, -0.15) is 0 Å². The maximum absolute atomic E-state index is 6.86. The summed E-state index contributed by atoms with van der Waals surface area (Å²) in [5.41, 5.74) is 14.7. The third-order valence-corrected chi connectivity index (χ3v) is 11.2. The van der Waals surface area contributed by atoms with Crippen LogP contribution in [0.1, 0.15) is 11.1 Å². The van der Waals surface area contributed by atoms with Crippen LogP contribution in [-0.4, -0.2) is 15.9 Å². The van der Waals surface area contributed by atoms with Crippen molar-refractivity contribution < 1.29 is 8.83 Å². The Bertz CT molecular complexity index is 3200. The zero-order valence-electron chi connectivity index (χ0n) is 26.9. The fourth-order valence-electron chi connectivity index (χ4n) is 9.26. The SMILES string of the molecule is Cc1cccc2c3cccc(C)c3n(B3c4ccccc4-n4c5ccc6c7ccccc7oc6c5c5c6oc7ccccc7c6cc3c54)c12. The summed E-state index contributed by atoms with van der Waals surface area (Å²) >= 11 is 0. The molecule has 1 aliphatic heterocycles. The van der Waals surface area contributed by atoms with E-state index < -0.39 is 0 Å². The van der Waals surface area contributed by atoms with Gasteiger partial charge in [0.2, 0.25) is 0 Å². The molecule has 49 heavy (non-hydrogen) atoms. The first-order valence-electron chi connectivity index (χ1n) is 17.0. The Kier molecular flexibility index (Phi) is 4.65. The first kappa shape index (κ1) is 25.8. The molecular weight excluding hydrogens is 599 g/mol. The van der Waals surface area contributed by atoms with E-state index in [1.165, 1.54) is 55.1 Å². The van der Waals surface area contributed by atoms with Gasteiger partial charge in [-0.3, -0.25) is 0 Å². The van der Waals surface area contributed by atoms with Crippen LogP contribution in [0.25, 0.3) is 93.2 Å². The summed E-state index contributed by atoms with van der Waals surface area (Å²) < 4.78 is 18.8. The van der Waals surface area contributed by atoms with Crippen LogP contribution < -0.4 is 10.9 Å². The molecule has 228 valence electrons. The van der Waals surface area contributed by atoms with Gasteiger partial charge in [-0.15, -0.1) is 0 Å². The van der Waals surface area contributed by atoms with Crippen molar-refractivity contribution in [2.75, 3.05) is 0 Å². The average molecular weight is 627 g/mol. The van der Waals surface area contributed by atoms with Crippen molar-refractivity contribution in [2.24, 2.45) is 0 Å². The van der Waals surface area contributed by atoms with Crippen LogP contribution >= 0.6 is 0 Å².